The molecule has 2 bridgehead atoms. The van der Waals surface area contributed by atoms with Gasteiger partial charge in [0.2, 0.25) is 11.8 Å². The molecule has 0 radical (unpaired) electrons. The van der Waals surface area contributed by atoms with Crippen LogP contribution in [0.5, 0.6) is 11.6 Å². The summed E-state index contributed by atoms with van der Waals surface area (Å²) in [5, 5.41) is 3.06. The van der Waals surface area contributed by atoms with Crippen LogP contribution < -0.4 is 14.8 Å². The maximum absolute atomic E-state index is 14.6. The molecule has 6 rings (SSSR count). The number of methoxy groups -OCH3 is 1. The van der Waals surface area contributed by atoms with Crippen LogP contribution in [0, 0.1) is 17.3 Å². The molecule has 1 aromatic heterocycles. The third kappa shape index (κ3) is 6.67. The standard InChI is InChI=1S/C36H50N4O6/c1-22-30-21-40(31(22)23(2)41)34(42)32(36(3)18-9-6-10-19-36)39-35(43)46-29-15-11-13-24(29)12-7-5-8-14-27-33(45-30)38-28-20-25(44-4)16-17-26(28)37-27/h16-17,20,22,24,29-32H,5-15,18-19,21H2,1-4H3,(H,39,43)/t22-,24-,29-,30+,31+,32-/m1/s1. The molecule has 1 aromatic carbocycles. The highest BCUT2D eigenvalue weighted by Crippen LogP contribution is 2.41. The van der Waals surface area contributed by atoms with Crippen LogP contribution in [0.15, 0.2) is 18.2 Å². The summed E-state index contributed by atoms with van der Waals surface area (Å²) < 4.78 is 18.2. The second-order valence-corrected chi connectivity index (χ2v) is 14.4. The van der Waals surface area contributed by atoms with Gasteiger partial charge in [0.15, 0.2) is 5.78 Å². The van der Waals surface area contributed by atoms with Crippen molar-refractivity contribution in [1.82, 2.24) is 20.2 Å². The molecule has 10 nitrogen and oxygen atoms in total. The molecule has 2 amide bonds. The number of hydrogen-bond acceptors (Lipinski definition) is 8. The van der Waals surface area contributed by atoms with Crippen LogP contribution >= 0.6 is 0 Å². The summed E-state index contributed by atoms with van der Waals surface area (Å²) in [6.07, 6.45) is 11.2. The largest absolute Gasteiger partial charge is 0.497 e. The van der Waals surface area contributed by atoms with E-state index in [-0.39, 0.29) is 30.3 Å². The maximum atomic E-state index is 14.6. The fourth-order valence-corrected chi connectivity index (χ4v) is 8.51. The molecule has 46 heavy (non-hydrogen) atoms. The second-order valence-electron chi connectivity index (χ2n) is 14.4. The molecule has 4 aliphatic rings. The first-order valence-corrected chi connectivity index (χ1v) is 17.5. The molecular formula is C36H50N4O6. The number of amides is 2. The molecule has 2 aliphatic carbocycles. The number of rotatable bonds is 3. The Morgan fingerprint density at radius 1 is 0.957 bits per heavy atom. The maximum Gasteiger partial charge on any atom is 0.408 e. The number of carbonyl (C=O) groups excluding carboxylic acids is 3. The van der Waals surface area contributed by atoms with E-state index in [1.54, 1.807) is 12.0 Å². The Bertz CT molecular complexity index is 1440. The van der Waals surface area contributed by atoms with Crippen LogP contribution in [0.25, 0.3) is 11.0 Å². The number of carbonyl (C=O) groups is 3. The van der Waals surface area contributed by atoms with Gasteiger partial charge in [0.25, 0.3) is 0 Å². The SMILES string of the molecule is COc1ccc2nc3c(nc2c1)O[C@H]1CN(C(=O)[C@H](C2(C)CCCCC2)NC(=O)O[C@@H]2CCC[C@H]2CCCCC3)[C@H](C(C)=O)[C@@H]1C. The summed E-state index contributed by atoms with van der Waals surface area (Å²) in [7, 11) is 1.62. The number of aromatic nitrogens is 2. The lowest BCUT2D eigenvalue weighted by Gasteiger charge is -2.42. The number of nitrogens with one attached hydrogen (secondary N) is 1. The highest BCUT2D eigenvalue weighted by atomic mass is 16.6. The number of aryl methyl sites for hydroxylation is 1. The number of nitrogens with zero attached hydrogens (tertiary/aromatic N) is 3. The van der Waals surface area contributed by atoms with Crippen LogP contribution in [0.2, 0.25) is 0 Å². The van der Waals surface area contributed by atoms with Crippen molar-refractivity contribution in [2.75, 3.05) is 13.7 Å². The zero-order chi connectivity index (χ0) is 32.4. The molecule has 1 saturated heterocycles. The number of hydrogen-bond donors (Lipinski definition) is 1. The quantitative estimate of drug-likeness (QED) is 0.426. The molecule has 1 N–H and O–H groups in total. The van der Waals surface area contributed by atoms with E-state index in [4.69, 9.17) is 24.2 Å². The average Bonchev–Trinajstić information content (AvgIpc) is 3.62. The van der Waals surface area contributed by atoms with Crippen LogP contribution in [0.4, 0.5) is 4.79 Å². The number of ketones is 1. The van der Waals surface area contributed by atoms with E-state index in [2.05, 4.69) is 12.2 Å². The van der Waals surface area contributed by atoms with Crippen molar-refractivity contribution >= 4 is 28.8 Å². The van der Waals surface area contributed by atoms with E-state index in [0.717, 1.165) is 88.3 Å². The molecule has 2 aliphatic heterocycles. The van der Waals surface area contributed by atoms with Gasteiger partial charge in [-0.3, -0.25) is 9.59 Å². The summed E-state index contributed by atoms with van der Waals surface area (Å²) in [6, 6.07) is 4.17. The van der Waals surface area contributed by atoms with E-state index in [0.29, 0.717) is 29.5 Å². The van der Waals surface area contributed by atoms with Gasteiger partial charge in [-0.05, 0) is 81.8 Å². The minimum absolute atomic E-state index is 0.101. The summed E-state index contributed by atoms with van der Waals surface area (Å²) in [6.45, 7) is 5.81. The Morgan fingerprint density at radius 2 is 1.72 bits per heavy atom. The Labute approximate surface area is 272 Å². The van der Waals surface area contributed by atoms with Crippen LogP contribution in [-0.2, 0) is 20.7 Å². The van der Waals surface area contributed by atoms with E-state index >= 15 is 0 Å². The Hall–Kier alpha value is -3.43. The van der Waals surface area contributed by atoms with Gasteiger partial charge < -0.3 is 24.4 Å². The number of benzene rings is 1. The van der Waals surface area contributed by atoms with Crippen molar-refractivity contribution in [3.05, 3.63) is 23.9 Å². The minimum atomic E-state index is -0.796. The van der Waals surface area contributed by atoms with Gasteiger partial charge in [0.1, 0.15) is 29.7 Å². The van der Waals surface area contributed by atoms with Crippen molar-refractivity contribution in [3.8, 4) is 11.6 Å². The van der Waals surface area contributed by atoms with Gasteiger partial charge in [0.05, 0.1) is 30.7 Å². The van der Waals surface area contributed by atoms with Crippen LogP contribution in [0.1, 0.15) is 104 Å². The topological polar surface area (TPSA) is 120 Å². The molecule has 0 unspecified atom stereocenters. The Morgan fingerprint density at radius 3 is 2.48 bits per heavy atom. The number of Topliss-reactive ketones (excluding diaryl/α,β-unsaturated/α-hetero) is 1. The van der Waals surface area contributed by atoms with Crippen LogP contribution in [0.3, 0.4) is 0 Å². The highest BCUT2D eigenvalue weighted by Gasteiger charge is 2.51. The van der Waals surface area contributed by atoms with E-state index in [1.807, 2.05) is 25.1 Å². The van der Waals surface area contributed by atoms with Gasteiger partial charge in [-0.1, -0.05) is 46.0 Å². The van der Waals surface area contributed by atoms with Gasteiger partial charge in [-0.2, -0.15) is 0 Å². The van der Waals surface area contributed by atoms with E-state index < -0.39 is 29.7 Å². The summed E-state index contributed by atoms with van der Waals surface area (Å²) in [5.74, 6) is 0.826. The Balaban J connectivity index is 1.37. The van der Waals surface area contributed by atoms with Gasteiger partial charge >= 0.3 is 6.09 Å². The number of alkyl carbamates (subject to hydrolysis) is 1. The zero-order valence-corrected chi connectivity index (χ0v) is 27.9. The first-order chi connectivity index (χ1) is 22.2. The average molecular weight is 635 g/mol. The molecular weight excluding hydrogens is 584 g/mol. The fourth-order valence-electron chi connectivity index (χ4n) is 8.51. The van der Waals surface area contributed by atoms with Gasteiger partial charge in [-0.25, -0.2) is 14.8 Å². The van der Waals surface area contributed by atoms with E-state index in [1.165, 1.54) is 6.92 Å². The molecule has 2 aromatic rings. The van der Waals surface area contributed by atoms with Gasteiger partial charge in [0, 0.05) is 12.0 Å². The lowest BCUT2D eigenvalue weighted by molar-refractivity contribution is -0.142. The zero-order valence-electron chi connectivity index (χ0n) is 27.9. The van der Waals surface area contributed by atoms with Crippen molar-refractivity contribution in [3.63, 3.8) is 0 Å². The Kier molecular flexibility index (Phi) is 9.71. The molecule has 250 valence electrons. The molecule has 3 heterocycles. The highest BCUT2D eigenvalue weighted by molar-refractivity contribution is 5.92. The third-order valence-electron chi connectivity index (χ3n) is 11.2. The summed E-state index contributed by atoms with van der Waals surface area (Å²) >= 11 is 0. The van der Waals surface area contributed by atoms with Crippen molar-refractivity contribution in [1.29, 1.82) is 0 Å². The van der Waals surface area contributed by atoms with Crippen molar-refractivity contribution in [2.24, 2.45) is 17.3 Å². The van der Waals surface area contributed by atoms with Gasteiger partial charge in [-0.15, -0.1) is 0 Å². The predicted molar refractivity (Wildman–Crippen MR) is 174 cm³/mol. The van der Waals surface area contributed by atoms with Crippen molar-refractivity contribution in [2.45, 2.75) is 129 Å². The number of fused-ring (bicyclic) bond motifs is 5. The fraction of sp³-hybridized carbons (Fsp3) is 0.694. The molecule has 2 saturated carbocycles. The first kappa shape index (κ1) is 32.5. The molecule has 10 heteroatoms. The third-order valence-corrected chi connectivity index (χ3v) is 11.2. The van der Waals surface area contributed by atoms with E-state index in [9.17, 15) is 14.4 Å². The normalized spacial score (nSPS) is 30.7. The summed E-state index contributed by atoms with van der Waals surface area (Å²) in [4.78, 5) is 52.9. The monoisotopic (exact) mass is 634 g/mol. The lowest BCUT2D eigenvalue weighted by Crippen LogP contribution is -2.59. The lowest BCUT2D eigenvalue weighted by atomic mass is 9.70. The minimum Gasteiger partial charge on any atom is -0.497 e. The van der Waals surface area contributed by atoms with Crippen LogP contribution in [-0.4, -0.2) is 70.6 Å². The van der Waals surface area contributed by atoms with Crippen molar-refractivity contribution < 1.29 is 28.6 Å². The predicted octanol–water partition coefficient (Wildman–Crippen LogP) is 6.17. The summed E-state index contributed by atoms with van der Waals surface area (Å²) in [5.41, 5.74) is 1.79. The molecule has 3 fully saturated rings. The molecule has 0 spiro atoms. The first-order valence-electron chi connectivity index (χ1n) is 17.5. The smallest absolute Gasteiger partial charge is 0.408 e. The second kappa shape index (κ2) is 13.7. The molecule has 6 atom stereocenters. The number of ether oxygens (including phenoxy) is 3.